The normalized spacial score (nSPS) is 20.3. The van der Waals surface area contributed by atoms with E-state index in [2.05, 4.69) is 56.8 Å². The predicted molar refractivity (Wildman–Crippen MR) is 153 cm³/mol. The molecular weight excluding hydrogens is 498 g/mol. The number of hydrogen-bond donors (Lipinski definition) is 0. The fourth-order valence-corrected chi connectivity index (χ4v) is 7.39. The average molecular weight is 530 g/mol. The van der Waals surface area contributed by atoms with Gasteiger partial charge in [-0.05, 0) is 79.3 Å². The van der Waals surface area contributed by atoms with Crippen LogP contribution in [0.25, 0.3) is 5.57 Å². The van der Waals surface area contributed by atoms with Crippen LogP contribution in [0.3, 0.4) is 0 Å². The lowest BCUT2D eigenvalue weighted by atomic mass is 9.68. The highest BCUT2D eigenvalue weighted by atomic mass is 35.5. The molecule has 190 valence electrons. The molecule has 1 aliphatic carbocycles. The molecule has 2 atom stereocenters. The van der Waals surface area contributed by atoms with Crippen LogP contribution in [0, 0.1) is 18.8 Å². The minimum atomic E-state index is -3.62. The van der Waals surface area contributed by atoms with Crippen molar-refractivity contribution in [2.45, 2.75) is 32.1 Å². The Morgan fingerprint density at radius 2 is 1.54 bits per heavy atom. The molecule has 0 N–H and O–H groups in total. The molecule has 1 fully saturated rings. The molecule has 3 aromatic carbocycles. The second kappa shape index (κ2) is 10.1. The lowest BCUT2D eigenvalue weighted by molar-refractivity contribution is 0.466. The molecule has 0 radical (unpaired) electrons. The summed E-state index contributed by atoms with van der Waals surface area (Å²) in [6.45, 7) is 11.6. The van der Waals surface area contributed by atoms with Crippen molar-refractivity contribution in [1.82, 2.24) is 4.31 Å². The molecule has 0 saturated carbocycles. The maximum atomic E-state index is 13.7. The van der Waals surface area contributed by atoms with E-state index in [4.69, 9.17) is 11.6 Å². The summed E-state index contributed by atoms with van der Waals surface area (Å²) in [6, 6.07) is 25.5. The van der Waals surface area contributed by atoms with Crippen LogP contribution >= 0.6 is 11.6 Å². The Morgan fingerprint density at radius 1 is 0.919 bits per heavy atom. The van der Waals surface area contributed by atoms with Gasteiger partial charge < -0.3 is 0 Å². The van der Waals surface area contributed by atoms with Gasteiger partial charge in [0.05, 0.1) is 4.90 Å². The third-order valence-electron chi connectivity index (χ3n) is 7.60. The monoisotopic (exact) mass is 529 g/mol. The van der Waals surface area contributed by atoms with Crippen LogP contribution in [0.4, 0.5) is 0 Å². The van der Waals surface area contributed by atoms with Crippen LogP contribution in [-0.2, 0) is 16.4 Å². The first kappa shape index (κ1) is 25.7. The van der Waals surface area contributed by atoms with Crippen molar-refractivity contribution in [3.63, 3.8) is 0 Å². The highest BCUT2D eigenvalue weighted by molar-refractivity contribution is 7.89. The highest BCUT2D eigenvalue weighted by Gasteiger charge is 2.46. The summed E-state index contributed by atoms with van der Waals surface area (Å²) in [6.07, 6.45) is 0.727. The van der Waals surface area contributed by atoms with E-state index in [0.29, 0.717) is 23.0 Å². The largest absolute Gasteiger partial charge is 0.243 e. The number of fused-ring (bicyclic) bond motifs is 1. The average Bonchev–Trinajstić information content (AvgIpc) is 3.34. The SMILES string of the molecule is C=C1C(=C(C)C)C(c2ccccc2)=C(Cc2ccc(Cl)cc2)[C@@H]2CN(S(=O)(=O)c3ccc(C)cc3)C[C@H]12. The van der Waals surface area contributed by atoms with Gasteiger partial charge >= 0.3 is 0 Å². The predicted octanol–water partition coefficient (Wildman–Crippen LogP) is 7.49. The Labute approximate surface area is 225 Å². The lowest BCUT2D eigenvalue weighted by Crippen LogP contribution is -2.29. The Morgan fingerprint density at radius 3 is 2.16 bits per heavy atom. The topological polar surface area (TPSA) is 37.4 Å². The standard InChI is InChI=1S/C32H32ClNO2S/c1-21(2)31-23(4)29-19-34(37(35,36)27-16-10-22(3)11-17-27)20-30(29)28(18-24-12-14-26(33)15-13-24)32(31)25-8-6-5-7-9-25/h5-17,29-30H,4,18-20H2,1-3H3/t29-,30+/m1/s1. The molecule has 1 saturated heterocycles. The first-order valence-corrected chi connectivity index (χ1v) is 14.5. The summed E-state index contributed by atoms with van der Waals surface area (Å²) in [7, 11) is -3.62. The molecule has 5 heteroatoms. The first-order chi connectivity index (χ1) is 17.7. The van der Waals surface area contributed by atoms with Crippen LogP contribution in [0.1, 0.15) is 30.5 Å². The summed E-state index contributed by atoms with van der Waals surface area (Å²) in [4.78, 5) is 0.344. The van der Waals surface area contributed by atoms with E-state index in [1.807, 2.05) is 37.3 Å². The van der Waals surface area contributed by atoms with Crippen LogP contribution < -0.4 is 0 Å². The van der Waals surface area contributed by atoms with Crippen molar-refractivity contribution in [2.75, 3.05) is 13.1 Å². The molecule has 1 aliphatic heterocycles. The van der Waals surface area contributed by atoms with E-state index >= 15 is 0 Å². The van der Waals surface area contributed by atoms with E-state index in [9.17, 15) is 8.42 Å². The molecular formula is C32H32ClNO2S. The Hall–Kier alpha value is -2.92. The van der Waals surface area contributed by atoms with E-state index in [-0.39, 0.29) is 11.8 Å². The zero-order valence-electron chi connectivity index (χ0n) is 21.5. The minimum Gasteiger partial charge on any atom is -0.207 e. The van der Waals surface area contributed by atoms with Crippen molar-refractivity contribution in [2.24, 2.45) is 11.8 Å². The molecule has 0 amide bonds. The fraction of sp³-hybridized carbons (Fsp3) is 0.250. The summed E-state index contributed by atoms with van der Waals surface area (Å²) in [5, 5.41) is 0.706. The molecule has 0 bridgehead atoms. The molecule has 3 nitrogen and oxygen atoms in total. The highest BCUT2D eigenvalue weighted by Crippen LogP contribution is 2.51. The molecule has 0 spiro atoms. The third kappa shape index (κ3) is 4.86. The number of halogens is 1. The summed E-state index contributed by atoms with van der Waals surface area (Å²) in [5.41, 5.74) is 9.18. The first-order valence-electron chi connectivity index (χ1n) is 12.6. The molecule has 3 aromatic rings. The molecule has 0 aromatic heterocycles. The molecule has 0 unspecified atom stereocenters. The minimum absolute atomic E-state index is 0.0277. The number of sulfonamides is 1. The second-order valence-corrected chi connectivity index (χ2v) is 12.7. The lowest BCUT2D eigenvalue weighted by Gasteiger charge is -2.35. The number of rotatable bonds is 5. The molecule has 37 heavy (non-hydrogen) atoms. The van der Waals surface area contributed by atoms with Gasteiger partial charge in [0.25, 0.3) is 0 Å². The van der Waals surface area contributed by atoms with E-state index < -0.39 is 10.0 Å². The van der Waals surface area contributed by atoms with Gasteiger partial charge in [-0.2, -0.15) is 4.31 Å². The Kier molecular flexibility index (Phi) is 7.01. The van der Waals surface area contributed by atoms with Crippen molar-refractivity contribution in [3.05, 3.63) is 129 Å². The van der Waals surface area contributed by atoms with Gasteiger partial charge in [-0.1, -0.05) is 89.5 Å². The zero-order valence-corrected chi connectivity index (χ0v) is 23.1. The Balaban J connectivity index is 1.65. The van der Waals surface area contributed by atoms with Gasteiger partial charge in [-0.3, -0.25) is 0 Å². The van der Waals surface area contributed by atoms with Crippen molar-refractivity contribution in [3.8, 4) is 0 Å². The number of hydrogen-bond acceptors (Lipinski definition) is 2. The van der Waals surface area contributed by atoms with Crippen LogP contribution in [0.15, 0.2) is 113 Å². The van der Waals surface area contributed by atoms with Crippen molar-refractivity contribution >= 4 is 27.2 Å². The maximum absolute atomic E-state index is 13.7. The zero-order chi connectivity index (χ0) is 26.3. The molecule has 1 heterocycles. The van der Waals surface area contributed by atoms with E-state index in [0.717, 1.165) is 34.3 Å². The maximum Gasteiger partial charge on any atom is 0.243 e. The van der Waals surface area contributed by atoms with Gasteiger partial charge in [0, 0.05) is 29.9 Å². The van der Waals surface area contributed by atoms with Gasteiger partial charge in [0.1, 0.15) is 0 Å². The number of benzene rings is 3. The number of allylic oxidation sites excluding steroid dienone is 3. The van der Waals surface area contributed by atoms with Gasteiger partial charge in [-0.25, -0.2) is 8.42 Å². The quantitative estimate of drug-likeness (QED) is 0.343. The van der Waals surface area contributed by atoms with Crippen molar-refractivity contribution in [1.29, 1.82) is 0 Å². The number of nitrogens with zero attached hydrogens (tertiary/aromatic N) is 1. The van der Waals surface area contributed by atoms with Gasteiger partial charge in [-0.15, -0.1) is 0 Å². The van der Waals surface area contributed by atoms with Crippen LogP contribution in [0.5, 0.6) is 0 Å². The fourth-order valence-electron chi connectivity index (χ4n) is 5.77. The summed E-state index contributed by atoms with van der Waals surface area (Å²) in [5.74, 6) is 0.0709. The molecule has 5 rings (SSSR count). The van der Waals surface area contributed by atoms with Gasteiger partial charge in [0.2, 0.25) is 10.0 Å². The van der Waals surface area contributed by atoms with Crippen LogP contribution in [-0.4, -0.2) is 25.8 Å². The Bertz CT molecular complexity index is 1500. The van der Waals surface area contributed by atoms with E-state index in [1.54, 1.807) is 16.4 Å². The summed E-state index contributed by atoms with van der Waals surface area (Å²) >= 11 is 6.18. The van der Waals surface area contributed by atoms with Gasteiger partial charge in [0.15, 0.2) is 0 Å². The molecule has 2 aliphatic rings. The smallest absolute Gasteiger partial charge is 0.207 e. The van der Waals surface area contributed by atoms with E-state index in [1.165, 1.54) is 16.7 Å². The number of aryl methyl sites for hydroxylation is 1. The second-order valence-electron chi connectivity index (χ2n) is 10.3. The third-order valence-corrected chi connectivity index (χ3v) is 9.70. The van der Waals surface area contributed by atoms with Crippen molar-refractivity contribution < 1.29 is 8.42 Å². The summed E-state index contributed by atoms with van der Waals surface area (Å²) < 4.78 is 29.1. The van der Waals surface area contributed by atoms with Crippen LogP contribution in [0.2, 0.25) is 5.02 Å².